The summed E-state index contributed by atoms with van der Waals surface area (Å²) in [4.78, 5) is 30.8. The number of halogens is 1. The summed E-state index contributed by atoms with van der Waals surface area (Å²) in [7, 11) is 0. The van der Waals surface area contributed by atoms with E-state index >= 15 is 0 Å². The molecule has 1 aromatic heterocycles. The van der Waals surface area contributed by atoms with Crippen molar-refractivity contribution in [1.82, 2.24) is 10.0 Å². The first kappa shape index (κ1) is 17.8. The van der Waals surface area contributed by atoms with Gasteiger partial charge in [-0.3, -0.25) is 9.59 Å². The van der Waals surface area contributed by atoms with Gasteiger partial charge in [0.15, 0.2) is 0 Å². The molecule has 0 aliphatic carbocycles. The molecule has 0 fully saturated rings. The van der Waals surface area contributed by atoms with Crippen molar-refractivity contribution in [3.8, 4) is 0 Å². The predicted molar refractivity (Wildman–Crippen MR) is 102 cm³/mol. The van der Waals surface area contributed by atoms with Crippen molar-refractivity contribution in [3.63, 3.8) is 0 Å². The quantitative estimate of drug-likeness (QED) is 0.680. The number of rotatable bonds is 6. The second-order valence-corrected chi connectivity index (χ2v) is 6.04. The third-order valence-corrected chi connectivity index (χ3v) is 4.07. The highest BCUT2D eigenvalue weighted by Gasteiger charge is 2.15. The Morgan fingerprint density at radius 3 is 2.65 bits per heavy atom. The monoisotopic (exact) mass is 368 g/mol. The Kier molecular flexibility index (Phi) is 5.39. The first-order valence-corrected chi connectivity index (χ1v) is 8.39. The van der Waals surface area contributed by atoms with Crippen LogP contribution in [-0.2, 0) is 6.54 Å². The van der Waals surface area contributed by atoms with E-state index in [1.807, 2.05) is 12.1 Å². The number of nitrogens with zero attached hydrogens (tertiary/aromatic N) is 1. The van der Waals surface area contributed by atoms with Crippen molar-refractivity contribution in [2.24, 2.45) is 0 Å². The average Bonchev–Trinajstić information content (AvgIpc) is 2.67. The highest BCUT2D eigenvalue weighted by molar-refractivity contribution is 6.30. The van der Waals surface area contributed by atoms with Crippen molar-refractivity contribution < 1.29 is 9.63 Å². The number of para-hydroxylation sites is 1. The first-order valence-electron chi connectivity index (χ1n) is 8.01. The second kappa shape index (κ2) is 7.89. The molecule has 0 spiro atoms. The summed E-state index contributed by atoms with van der Waals surface area (Å²) in [5, 5.41) is 3.79. The van der Waals surface area contributed by atoms with Crippen molar-refractivity contribution in [2.45, 2.75) is 6.54 Å². The summed E-state index contributed by atoms with van der Waals surface area (Å²) in [6, 6.07) is 14.1. The van der Waals surface area contributed by atoms with Crippen LogP contribution in [-0.4, -0.2) is 17.2 Å². The van der Waals surface area contributed by atoms with Crippen molar-refractivity contribution >= 4 is 28.4 Å². The molecular formula is C20H17ClN2O3. The minimum absolute atomic E-state index is 0.0155. The van der Waals surface area contributed by atoms with Gasteiger partial charge in [0.2, 0.25) is 5.43 Å². The lowest BCUT2D eigenvalue weighted by Crippen LogP contribution is -2.30. The van der Waals surface area contributed by atoms with Crippen LogP contribution in [0, 0.1) is 0 Å². The van der Waals surface area contributed by atoms with Crippen LogP contribution in [0.25, 0.3) is 10.9 Å². The van der Waals surface area contributed by atoms with Gasteiger partial charge < -0.3 is 10.2 Å². The summed E-state index contributed by atoms with van der Waals surface area (Å²) in [5.74, 6) is -0.466. The molecule has 0 bridgehead atoms. The molecule has 0 atom stereocenters. The van der Waals surface area contributed by atoms with E-state index < -0.39 is 5.91 Å². The molecule has 1 N–H and O–H groups in total. The van der Waals surface area contributed by atoms with Gasteiger partial charge in [-0.2, -0.15) is 4.73 Å². The van der Waals surface area contributed by atoms with E-state index in [0.29, 0.717) is 15.9 Å². The molecule has 0 radical (unpaired) electrons. The molecule has 3 rings (SSSR count). The van der Waals surface area contributed by atoms with Crippen molar-refractivity contribution in [2.75, 3.05) is 6.61 Å². The zero-order valence-corrected chi connectivity index (χ0v) is 14.7. The number of carbonyl (C=O) groups is 1. The number of pyridine rings is 1. The maximum atomic E-state index is 12.7. The molecule has 1 amide bonds. The molecule has 5 nitrogen and oxygen atoms in total. The SMILES string of the molecule is C=CCOn1cc(C(=O)NCc2ccc(Cl)cc2)c(=O)c2ccccc21. The van der Waals surface area contributed by atoms with Gasteiger partial charge in [-0.15, -0.1) is 0 Å². The lowest BCUT2D eigenvalue weighted by molar-refractivity contribution is 0.0942. The smallest absolute Gasteiger partial charge is 0.257 e. The molecule has 1 heterocycles. The highest BCUT2D eigenvalue weighted by Crippen LogP contribution is 2.12. The maximum Gasteiger partial charge on any atom is 0.257 e. The lowest BCUT2D eigenvalue weighted by Gasteiger charge is -2.13. The summed E-state index contributed by atoms with van der Waals surface area (Å²) in [5.41, 5.74) is 1.15. The second-order valence-electron chi connectivity index (χ2n) is 5.61. The number of hydrogen-bond donors (Lipinski definition) is 1. The molecule has 26 heavy (non-hydrogen) atoms. The first-order chi connectivity index (χ1) is 12.6. The summed E-state index contributed by atoms with van der Waals surface area (Å²) >= 11 is 5.85. The number of aromatic nitrogens is 1. The van der Waals surface area contributed by atoms with Crippen LogP contribution in [0.1, 0.15) is 15.9 Å². The zero-order chi connectivity index (χ0) is 18.5. The van der Waals surface area contributed by atoms with Gasteiger partial charge in [-0.05, 0) is 29.8 Å². The number of carbonyl (C=O) groups excluding carboxylic acids is 1. The van der Waals surface area contributed by atoms with E-state index in [4.69, 9.17) is 16.4 Å². The summed E-state index contributed by atoms with van der Waals surface area (Å²) in [6.45, 7) is 4.15. The number of hydrogen-bond acceptors (Lipinski definition) is 3. The molecule has 0 unspecified atom stereocenters. The molecule has 0 saturated heterocycles. The fraction of sp³-hybridized carbons (Fsp3) is 0.100. The lowest BCUT2D eigenvalue weighted by atomic mass is 10.1. The molecule has 6 heteroatoms. The number of fused-ring (bicyclic) bond motifs is 1. The molecule has 2 aromatic carbocycles. The van der Waals surface area contributed by atoms with Gasteiger partial charge in [-0.1, -0.05) is 48.5 Å². The number of nitrogens with one attached hydrogen (secondary N) is 1. The van der Waals surface area contributed by atoms with Gasteiger partial charge in [0, 0.05) is 17.0 Å². The third kappa shape index (κ3) is 3.78. The standard InChI is InChI=1S/C20H17ClN2O3/c1-2-11-26-23-13-17(19(24)16-5-3-4-6-18(16)23)20(25)22-12-14-7-9-15(21)10-8-14/h2-10,13H,1,11-12H2,(H,22,25). The van der Waals surface area contributed by atoms with E-state index in [2.05, 4.69) is 11.9 Å². The largest absolute Gasteiger partial charge is 0.410 e. The van der Waals surface area contributed by atoms with Gasteiger partial charge in [0.25, 0.3) is 5.91 Å². The van der Waals surface area contributed by atoms with E-state index in [1.165, 1.54) is 10.9 Å². The normalized spacial score (nSPS) is 10.5. The maximum absolute atomic E-state index is 12.7. The van der Waals surface area contributed by atoms with Crippen LogP contribution < -0.4 is 15.6 Å². The van der Waals surface area contributed by atoms with E-state index in [0.717, 1.165) is 5.56 Å². The van der Waals surface area contributed by atoms with Crippen molar-refractivity contribution in [3.05, 3.63) is 93.8 Å². The molecule has 3 aromatic rings. The number of benzene rings is 2. The third-order valence-electron chi connectivity index (χ3n) is 3.82. The van der Waals surface area contributed by atoms with Crippen LogP contribution >= 0.6 is 11.6 Å². The minimum Gasteiger partial charge on any atom is -0.410 e. The fourth-order valence-corrected chi connectivity index (χ4v) is 2.66. The molecule has 0 saturated carbocycles. The average molecular weight is 369 g/mol. The Balaban J connectivity index is 1.91. The Morgan fingerprint density at radius 2 is 1.92 bits per heavy atom. The van der Waals surface area contributed by atoms with Gasteiger partial charge in [-0.25, -0.2) is 0 Å². The van der Waals surface area contributed by atoms with Gasteiger partial charge >= 0.3 is 0 Å². The molecule has 0 aliphatic rings. The van der Waals surface area contributed by atoms with Crippen LogP contribution in [0.4, 0.5) is 0 Å². The summed E-state index contributed by atoms with van der Waals surface area (Å²) < 4.78 is 1.43. The van der Waals surface area contributed by atoms with Gasteiger partial charge in [0.1, 0.15) is 12.2 Å². The topological polar surface area (TPSA) is 60.3 Å². The summed E-state index contributed by atoms with van der Waals surface area (Å²) in [6.07, 6.45) is 3.00. The van der Waals surface area contributed by atoms with Crippen LogP contribution in [0.5, 0.6) is 0 Å². The van der Waals surface area contributed by atoms with Crippen LogP contribution in [0.2, 0.25) is 5.02 Å². The fourth-order valence-electron chi connectivity index (χ4n) is 2.53. The minimum atomic E-state index is -0.466. The highest BCUT2D eigenvalue weighted by atomic mass is 35.5. The number of amides is 1. The Bertz CT molecular complexity index is 1010. The van der Waals surface area contributed by atoms with E-state index in [-0.39, 0.29) is 24.1 Å². The van der Waals surface area contributed by atoms with Crippen LogP contribution in [0.15, 0.2) is 72.2 Å². The van der Waals surface area contributed by atoms with E-state index in [9.17, 15) is 9.59 Å². The molecular weight excluding hydrogens is 352 g/mol. The Labute approximate surface area is 155 Å². The molecule has 132 valence electrons. The molecule has 0 aliphatic heterocycles. The van der Waals surface area contributed by atoms with E-state index in [1.54, 1.807) is 42.5 Å². The van der Waals surface area contributed by atoms with Crippen molar-refractivity contribution in [1.29, 1.82) is 0 Å². The zero-order valence-electron chi connectivity index (χ0n) is 13.9. The Morgan fingerprint density at radius 1 is 1.19 bits per heavy atom. The van der Waals surface area contributed by atoms with Gasteiger partial charge in [0.05, 0.1) is 11.7 Å². The van der Waals surface area contributed by atoms with Crippen LogP contribution in [0.3, 0.4) is 0 Å². The Hall–Kier alpha value is -3.05. The predicted octanol–water partition coefficient (Wildman–Crippen LogP) is 3.20.